The van der Waals surface area contributed by atoms with Crippen LogP contribution in [-0.4, -0.2) is 30.3 Å². The molecule has 0 aromatic rings. The molecule has 0 amide bonds. The van der Waals surface area contributed by atoms with Gasteiger partial charge >= 0.3 is 0 Å². The fraction of sp³-hybridized carbons (Fsp3) is 0.933. The van der Waals surface area contributed by atoms with Crippen molar-refractivity contribution in [1.29, 1.82) is 0 Å². The zero-order chi connectivity index (χ0) is 14.7. The molecule has 0 bridgehead atoms. The molecule has 1 aliphatic rings. The lowest BCUT2D eigenvalue weighted by molar-refractivity contribution is 0.195. The third-order valence-corrected chi connectivity index (χ3v) is 10.4. The standard InChI is InChI=1S/C15H32O2SSi/c1-12(16)18-14-9-7-13(8-10-14)11-17-19(5,6)15(2,3)4/h13-14,16,18H,7-11H2,1-6H3. The summed E-state index contributed by atoms with van der Waals surface area (Å²) in [5, 5.41) is 10.9. The van der Waals surface area contributed by atoms with Crippen LogP contribution in [0, 0.1) is 5.92 Å². The molecule has 19 heavy (non-hydrogen) atoms. The van der Waals surface area contributed by atoms with Crippen molar-refractivity contribution in [3.63, 3.8) is 0 Å². The van der Waals surface area contributed by atoms with E-state index in [1.807, 2.05) is 6.92 Å². The third kappa shape index (κ3) is 5.70. The van der Waals surface area contributed by atoms with E-state index in [9.17, 15) is 5.11 Å². The first-order chi connectivity index (χ1) is 8.62. The maximum absolute atomic E-state index is 9.36. The third-order valence-electron chi connectivity index (χ3n) is 4.67. The highest BCUT2D eigenvalue weighted by Crippen LogP contribution is 2.38. The monoisotopic (exact) mass is 304 g/mol. The minimum absolute atomic E-state index is 0.311. The maximum Gasteiger partial charge on any atom is 0.191 e. The molecule has 0 spiro atoms. The molecule has 1 saturated carbocycles. The van der Waals surface area contributed by atoms with E-state index in [4.69, 9.17) is 4.43 Å². The topological polar surface area (TPSA) is 29.5 Å². The van der Waals surface area contributed by atoms with Crippen LogP contribution in [0.2, 0.25) is 18.1 Å². The Hall–Kier alpha value is 0.357. The minimum atomic E-state index is -1.58. The number of thiol groups is 1. The Balaban J connectivity index is 2.36. The largest absolute Gasteiger partial charge is 0.417 e. The normalized spacial score (nSPS) is 27.0. The first-order valence-electron chi connectivity index (χ1n) is 7.49. The summed E-state index contributed by atoms with van der Waals surface area (Å²) in [6.07, 6.45) is 5.01. The molecule has 0 aromatic carbocycles. The highest BCUT2D eigenvalue weighted by Gasteiger charge is 2.37. The van der Waals surface area contributed by atoms with Crippen LogP contribution in [0.3, 0.4) is 0 Å². The van der Waals surface area contributed by atoms with Crippen molar-refractivity contribution in [1.82, 2.24) is 0 Å². The molecule has 1 fully saturated rings. The quantitative estimate of drug-likeness (QED) is 0.446. The average molecular weight is 305 g/mol. The molecule has 4 heteroatoms. The molecule has 0 aromatic heterocycles. The number of hydrogen-bond acceptors (Lipinski definition) is 1. The van der Waals surface area contributed by atoms with Gasteiger partial charge in [-0.15, -0.1) is 0 Å². The van der Waals surface area contributed by atoms with Gasteiger partial charge in [0.05, 0.1) is 5.05 Å². The van der Waals surface area contributed by atoms with E-state index in [1.54, 1.807) is 0 Å². The molecule has 1 rings (SSSR count). The summed E-state index contributed by atoms with van der Waals surface area (Å²) in [5.41, 5.74) is 0. The first kappa shape index (κ1) is 17.4. The Morgan fingerprint density at radius 2 is 1.74 bits per heavy atom. The molecule has 1 N–H and O–H groups in total. The second-order valence-corrected chi connectivity index (χ2v) is 13.9. The minimum Gasteiger partial charge on any atom is -0.417 e. The Kier molecular flexibility index (Phi) is 6.30. The van der Waals surface area contributed by atoms with Crippen molar-refractivity contribution in [2.75, 3.05) is 6.61 Å². The highest BCUT2D eigenvalue weighted by atomic mass is 32.1. The number of rotatable bonds is 4. The van der Waals surface area contributed by atoms with Crippen molar-refractivity contribution >= 4 is 24.7 Å². The molecule has 2 nitrogen and oxygen atoms in total. The Bertz CT molecular complexity index is 309. The lowest BCUT2D eigenvalue weighted by Gasteiger charge is -2.38. The van der Waals surface area contributed by atoms with Crippen molar-refractivity contribution in [3.8, 4) is 0 Å². The zero-order valence-corrected chi connectivity index (χ0v) is 15.4. The average Bonchev–Trinajstić information content (AvgIpc) is 2.26. The molecular weight excluding hydrogens is 272 g/mol. The van der Waals surface area contributed by atoms with Crippen molar-refractivity contribution < 1.29 is 9.53 Å². The summed E-state index contributed by atoms with van der Waals surface area (Å²) < 4.78 is 6.33. The molecular formula is C15H32O2SSi. The molecule has 0 unspecified atom stereocenters. The molecule has 0 saturated heterocycles. The molecule has 0 heterocycles. The summed E-state index contributed by atoms with van der Waals surface area (Å²) in [5.74, 6) is 0.736. The van der Waals surface area contributed by atoms with Gasteiger partial charge in [0.25, 0.3) is 0 Å². The van der Waals surface area contributed by atoms with E-state index in [1.165, 1.54) is 25.7 Å². The Labute approximate surface area is 124 Å². The number of aliphatic hydroxyl groups excluding tert-OH is 1. The van der Waals surface area contributed by atoms with Crippen LogP contribution in [0.4, 0.5) is 0 Å². The first-order valence-corrected chi connectivity index (χ1v) is 11.4. The molecule has 0 aliphatic heterocycles. The van der Waals surface area contributed by atoms with Gasteiger partial charge in [-0.25, -0.2) is 0 Å². The molecule has 0 atom stereocenters. The van der Waals surface area contributed by atoms with Gasteiger partial charge in [0.15, 0.2) is 8.32 Å². The van der Waals surface area contributed by atoms with Crippen molar-refractivity contribution in [2.24, 2.45) is 5.92 Å². The predicted octanol–water partition coefficient (Wildman–Crippen LogP) is 4.74. The molecule has 1 aliphatic carbocycles. The van der Waals surface area contributed by atoms with E-state index in [-0.39, 0.29) is 0 Å². The van der Waals surface area contributed by atoms with Gasteiger partial charge < -0.3 is 9.53 Å². The van der Waals surface area contributed by atoms with E-state index in [0.717, 1.165) is 23.9 Å². The van der Waals surface area contributed by atoms with Crippen LogP contribution in [-0.2, 0) is 4.43 Å². The van der Waals surface area contributed by atoms with E-state index < -0.39 is 8.32 Å². The highest BCUT2D eigenvalue weighted by molar-refractivity contribution is 7.98. The van der Waals surface area contributed by atoms with Crippen LogP contribution < -0.4 is 0 Å². The van der Waals surface area contributed by atoms with Gasteiger partial charge in [-0.05, 0) is 61.9 Å². The van der Waals surface area contributed by atoms with Crippen molar-refractivity contribution in [2.45, 2.75) is 76.8 Å². The van der Waals surface area contributed by atoms with Gasteiger partial charge in [0.2, 0.25) is 0 Å². The molecule has 114 valence electrons. The smallest absolute Gasteiger partial charge is 0.191 e. The Morgan fingerprint density at radius 3 is 2.16 bits per heavy atom. The van der Waals surface area contributed by atoms with Gasteiger partial charge in [0.1, 0.15) is 0 Å². The summed E-state index contributed by atoms with van der Waals surface area (Å²) in [6, 6.07) is 0. The predicted molar refractivity (Wildman–Crippen MR) is 91.2 cm³/mol. The maximum atomic E-state index is 9.36. The van der Waals surface area contributed by atoms with Gasteiger partial charge in [-0.2, -0.15) is 11.4 Å². The Morgan fingerprint density at radius 1 is 1.21 bits per heavy atom. The van der Waals surface area contributed by atoms with Crippen LogP contribution >= 0.6 is 11.4 Å². The molecule has 0 radical (unpaired) electrons. The van der Waals surface area contributed by atoms with Crippen LogP contribution in [0.25, 0.3) is 0 Å². The van der Waals surface area contributed by atoms with Gasteiger partial charge in [-0.3, -0.25) is 0 Å². The van der Waals surface area contributed by atoms with E-state index >= 15 is 0 Å². The van der Waals surface area contributed by atoms with Crippen LogP contribution in [0.15, 0.2) is 0 Å². The number of hydrogen-bond donors (Lipinski definition) is 2. The van der Waals surface area contributed by atoms with Crippen LogP contribution in [0.1, 0.15) is 53.4 Å². The second kappa shape index (κ2) is 6.88. The lowest BCUT2D eigenvalue weighted by Crippen LogP contribution is -2.42. The summed E-state index contributed by atoms with van der Waals surface area (Å²) in [4.78, 5) is 0. The van der Waals surface area contributed by atoms with Crippen LogP contribution in [0.5, 0.6) is 0 Å². The SMILES string of the molecule is CC(O)=[SH]C1CCC(CO[Si](C)(C)C(C)(C)C)CC1. The second-order valence-electron chi connectivity index (χ2n) is 7.42. The fourth-order valence-electron chi connectivity index (χ4n) is 2.25. The van der Waals surface area contributed by atoms with Crippen molar-refractivity contribution in [3.05, 3.63) is 0 Å². The van der Waals surface area contributed by atoms with Gasteiger partial charge in [-0.1, -0.05) is 20.8 Å². The number of aliphatic hydroxyl groups is 1. The summed E-state index contributed by atoms with van der Waals surface area (Å²) >= 11 is 1.15. The summed E-state index contributed by atoms with van der Waals surface area (Å²) in [6.45, 7) is 14.3. The lowest BCUT2D eigenvalue weighted by atomic mass is 9.90. The fourth-order valence-corrected chi connectivity index (χ4v) is 4.42. The zero-order valence-electron chi connectivity index (χ0n) is 13.5. The van der Waals surface area contributed by atoms with Gasteiger partial charge in [0, 0.05) is 6.61 Å². The van der Waals surface area contributed by atoms with E-state index in [0.29, 0.717) is 15.3 Å². The summed E-state index contributed by atoms with van der Waals surface area (Å²) in [7, 11) is -1.58. The van der Waals surface area contributed by atoms with E-state index in [2.05, 4.69) is 33.9 Å².